The van der Waals surface area contributed by atoms with E-state index >= 15 is 0 Å². The number of aryl methyl sites for hydroxylation is 1. The maximum Gasteiger partial charge on any atom is 0.165 e. The molecule has 0 saturated carbocycles. The first kappa shape index (κ1) is 9.99. The van der Waals surface area contributed by atoms with E-state index in [9.17, 15) is 4.39 Å². The minimum absolute atomic E-state index is 0.323. The summed E-state index contributed by atoms with van der Waals surface area (Å²) in [5, 5.41) is 0. The molecule has 0 aliphatic carbocycles. The molecule has 2 nitrogen and oxygen atoms in total. The van der Waals surface area contributed by atoms with Gasteiger partial charge in [0, 0.05) is 5.56 Å². The fourth-order valence-corrected chi connectivity index (χ4v) is 1.37. The molecule has 0 atom stereocenters. The molecule has 0 aliphatic heterocycles. The molecule has 1 rings (SSSR count). The fourth-order valence-electron chi connectivity index (χ4n) is 1.37. The van der Waals surface area contributed by atoms with Crippen LogP contribution in [0.5, 0.6) is 5.75 Å². The van der Waals surface area contributed by atoms with Crippen LogP contribution in [0, 0.1) is 12.7 Å². The highest BCUT2D eigenvalue weighted by atomic mass is 19.1. The zero-order valence-electron chi connectivity index (χ0n) is 7.93. The Labute approximate surface area is 77.5 Å². The van der Waals surface area contributed by atoms with Crippen molar-refractivity contribution >= 4 is 0 Å². The zero-order chi connectivity index (χ0) is 9.84. The van der Waals surface area contributed by atoms with E-state index < -0.39 is 0 Å². The number of nitrogens with two attached hydrogens (primary N) is 1. The van der Waals surface area contributed by atoms with Crippen LogP contribution in [0.3, 0.4) is 0 Å². The van der Waals surface area contributed by atoms with Gasteiger partial charge in [-0.25, -0.2) is 4.39 Å². The molecule has 0 aliphatic rings. The van der Waals surface area contributed by atoms with E-state index in [0.717, 1.165) is 11.1 Å². The molecule has 0 saturated heterocycles. The van der Waals surface area contributed by atoms with Crippen LogP contribution in [0.25, 0.3) is 0 Å². The van der Waals surface area contributed by atoms with E-state index in [1.807, 2.05) is 6.92 Å². The van der Waals surface area contributed by atoms with Gasteiger partial charge in [-0.1, -0.05) is 6.07 Å². The largest absolute Gasteiger partial charge is 0.493 e. The first-order valence-electron chi connectivity index (χ1n) is 4.22. The molecule has 1 aromatic rings. The summed E-state index contributed by atoms with van der Waals surface area (Å²) in [7, 11) is 1.47. The third-order valence-corrected chi connectivity index (χ3v) is 2.05. The summed E-state index contributed by atoms with van der Waals surface area (Å²) in [5.74, 6) is 0.00185. The second-order valence-electron chi connectivity index (χ2n) is 2.91. The highest BCUT2D eigenvalue weighted by Crippen LogP contribution is 2.25. The average molecular weight is 183 g/mol. The van der Waals surface area contributed by atoms with Gasteiger partial charge < -0.3 is 10.5 Å². The molecule has 72 valence electrons. The van der Waals surface area contributed by atoms with Crippen molar-refractivity contribution in [3.05, 3.63) is 29.1 Å². The Morgan fingerprint density at radius 1 is 1.46 bits per heavy atom. The van der Waals surface area contributed by atoms with Crippen LogP contribution in [0.1, 0.15) is 11.1 Å². The van der Waals surface area contributed by atoms with Crippen molar-refractivity contribution in [2.75, 3.05) is 13.7 Å². The van der Waals surface area contributed by atoms with Gasteiger partial charge in [0.15, 0.2) is 11.6 Å². The Bertz CT molecular complexity index is 299. The molecular formula is C10H14FNO. The fraction of sp³-hybridized carbons (Fsp3) is 0.400. The van der Waals surface area contributed by atoms with Crippen LogP contribution in [0.15, 0.2) is 12.1 Å². The van der Waals surface area contributed by atoms with Gasteiger partial charge >= 0.3 is 0 Å². The number of hydrogen-bond acceptors (Lipinski definition) is 2. The predicted octanol–water partition coefficient (Wildman–Crippen LogP) is 1.64. The van der Waals surface area contributed by atoms with Crippen LogP contribution >= 0.6 is 0 Å². The van der Waals surface area contributed by atoms with Gasteiger partial charge in [0.05, 0.1) is 7.11 Å². The lowest BCUT2D eigenvalue weighted by Crippen LogP contribution is -2.06. The molecule has 0 spiro atoms. The summed E-state index contributed by atoms with van der Waals surface area (Å²) >= 11 is 0. The molecule has 0 unspecified atom stereocenters. The monoisotopic (exact) mass is 183 g/mol. The SMILES string of the molecule is COc1c(F)ccc(C)c1CCN. The maximum absolute atomic E-state index is 13.2. The summed E-state index contributed by atoms with van der Waals surface area (Å²) < 4.78 is 18.2. The first-order valence-corrected chi connectivity index (χ1v) is 4.22. The number of benzene rings is 1. The zero-order valence-corrected chi connectivity index (χ0v) is 7.93. The Morgan fingerprint density at radius 3 is 2.69 bits per heavy atom. The van der Waals surface area contributed by atoms with Crippen LogP contribution in [-0.2, 0) is 6.42 Å². The van der Waals surface area contributed by atoms with Gasteiger partial charge in [-0.2, -0.15) is 0 Å². The van der Waals surface area contributed by atoms with E-state index in [-0.39, 0.29) is 5.82 Å². The minimum atomic E-state index is -0.323. The molecule has 0 bridgehead atoms. The minimum Gasteiger partial charge on any atom is -0.493 e. The smallest absolute Gasteiger partial charge is 0.165 e. The molecule has 2 N–H and O–H groups in total. The Morgan fingerprint density at radius 2 is 2.15 bits per heavy atom. The number of ether oxygens (including phenoxy) is 1. The molecule has 3 heteroatoms. The number of methoxy groups -OCH3 is 1. The lowest BCUT2D eigenvalue weighted by Gasteiger charge is -2.11. The lowest BCUT2D eigenvalue weighted by molar-refractivity contribution is 0.381. The van der Waals surface area contributed by atoms with Crippen molar-refractivity contribution in [1.29, 1.82) is 0 Å². The van der Waals surface area contributed by atoms with Gasteiger partial charge in [-0.3, -0.25) is 0 Å². The third kappa shape index (κ3) is 1.98. The Balaban J connectivity index is 3.18. The third-order valence-electron chi connectivity index (χ3n) is 2.05. The molecule has 13 heavy (non-hydrogen) atoms. The quantitative estimate of drug-likeness (QED) is 0.773. The topological polar surface area (TPSA) is 35.2 Å². The maximum atomic E-state index is 13.2. The highest BCUT2D eigenvalue weighted by molar-refractivity contribution is 5.41. The van der Waals surface area contributed by atoms with E-state index in [1.54, 1.807) is 6.07 Å². The lowest BCUT2D eigenvalue weighted by atomic mass is 10.0. The van der Waals surface area contributed by atoms with Crippen LogP contribution in [0.4, 0.5) is 4.39 Å². The van der Waals surface area contributed by atoms with Gasteiger partial charge in [-0.05, 0) is 31.5 Å². The van der Waals surface area contributed by atoms with Crippen molar-refractivity contribution in [2.24, 2.45) is 5.73 Å². The Hall–Kier alpha value is -1.09. The van der Waals surface area contributed by atoms with E-state index in [0.29, 0.717) is 18.7 Å². The summed E-state index contributed by atoms with van der Waals surface area (Å²) in [4.78, 5) is 0. The number of rotatable bonds is 3. The van der Waals surface area contributed by atoms with Crippen molar-refractivity contribution in [3.63, 3.8) is 0 Å². The molecular weight excluding hydrogens is 169 g/mol. The van der Waals surface area contributed by atoms with Gasteiger partial charge in [0.1, 0.15) is 0 Å². The van der Waals surface area contributed by atoms with Crippen molar-refractivity contribution in [2.45, 2.75) is 13.3 Å². The molecule has 0 radical (unpaired) electrons. The van der Waals surface area contributed by atoms with Crippen molar-refractivity contribution in [3.8, 4) is 5.75 Å². The van der Waals surface area contributed by atoms with E-state index in [4.69, 9.17) is 10.5 Å². The molecule has 0 heterocycles. The van der Waals surface area contributed by atoms with E-state index in [2.05, 4.69) is 0 Å². The molecule has 0 fully saturated rings. The van der Waals surface area contributed by atoms with Crippen LogP contribution in [-0.4, -0.2) is 13.7 Å². The number of hydrogen-bond donors (Lipinski definition) is 1. The molecule has 1 aromatic carbocycles. The van der Waals surface area contributed by atoms with Crippen LogP contribution in [0.2, 0.25) is 0 Å². The van der Waals surface area contributed by atoms with Crippen molar-refractivity contribution in [1.82, 2.24) is 0 Å². The van der Waals surface area contributed by atoms with Gasteiger partial charge in [-0.15, -0.1) is 0 Å². The van der Waals surface area contributed by atoms with Crippen LogP contribution < -0.4 is 10.5 Å². The van der Waals surface area contributed by atoms with Gasteiger partial charge in [0.25, 0.3) is 0 Å². The average Bonchev–Trinajstić information content (AvgIpc) is 2.12. The standard InChI is InChI=1S/C10H14FNO/c1-7-3-4-9(11)10(13-2)8(7)5-6-12/h3-4H,5-6,12H2,1-2H3. The normalized spacial score (nSPS) is 10.2. The predicted molar refractivity (Wildman–Crippen MR) is 50.4 cm³/mol. The summed E-state index contributed by atoms with van der Waals surface area (Å²) in [6, 6.07) is 3.15. The molecule has 0 amide bonds. The first-order chi connectivity index (χ1) is 6.20. The highest BCUT2D eigenvalue weighted by Gasteiger charge is 2.10. The summed E-state index contributed by atoms with van der Waals surface area (Å²) in [6.07, 6.45) is 0.646. The Kier molecular flexibility index (Phi) is 3.25. The number of halogens is 1. The summed E-state index contributed by atoms with van der Waals surface area (Å²) in [6.45, 7) is 2.42. The van der Waals surface area contributed by atoms with Crippen molar-refractivity contribution < 1.29 is 9.13 Å². The second-order valence-corrected chi connectivity index (χ2v) is 2.91. The summed E-state index contributed by atoms with van der Waals surface area (Å²) in [5.41, 5.74) is 7.31. The van der Waals surface area contributed by atoms with Gasteiger partial charge in [0.2, 0.25) is 0 Å². The second kappa shape index (κ2) is 4.23. The van der Waals surface area contributed by atoms with E-state index in [1.165, 1.54) is 13.2 Å². The molecule has 0 aromatic heterocycles.